The molecule has 4 rings (SSSR count). The summed E-state index contributed by atoms with van der Waals surface area (Å²) >= 11 is 0. The van der Waals surface area contributed by atoms with Crippen LogP contribution in [0.4, 0.5) is 10.1 Å². The molecule has 0 bridgehead atoms. The first-order valence-electron chi connectivity index (χ1n) is 13.8. The van der Waals surface area contributed by atoms with Crippen LogP contribution in [-0.2, 0) is 16.7 Å². The molecule has 0 fully saturated rings. The van der Waals surface area contributed by atoms with Gasteiger partial charge < -0.3 is 4.90 Å². The van der Waals surface area contributed by atoms with Crippen LogP contribution in [0.15, 0.2) is 90.2 Å². The normalized spacial score (nSPS) is 11.8. The molecule has 3 aromatic carbocycles. The highest BCUT2D eigenvalue weighted by molar-refractivity contribution is 7.85. The molecule has 5 nitrogen and oxygen atoms in total. The van der Waals surface area contributed by atoms with Crippen molar-refractivity contribution < 1.29 is 21.9 Å². The van der Waals surface area contributed by atoms with Crippen LogP contribution in [0.2, 0.25) is 0 Å². The highest BCUT2D eigenvalue weighted by Crippen LogP contribution is 2.29. The van der Waals surface area contributed by atoms with Crippen LogP contribution in [0.5, 0.6) is 0 Å². The summed E-state index contributed by atoms with van der Waals surface area (Å²) in [5.74, 6) is -0.488. The maximum absolute atomic E-state index is 15.8. The van der Waals surface area contributed by atoms with Crippen molar-refractivity contribution >= 4 is 49.6 Å². The molecule has 0 radical (unpaired) electrons. The zero-order valence-electron chi connectivity index (χ0n) is 24.1. The lowest BCUT2D eigenvalue weighted by atomic mass is 10.0. The summed E-state index contributed by atoms with van der Waals surface area (Å²) in [4.78, 5) is 2.05. The molecule has 41 heavy (non-hydrogen) atoms. The van der Waals surface area contributed by atoms with Crippen LogP contribution in [0.25, 0.3) is 33.8 Å². The average Bonchev–Trinajstić information content (AvgIpc) is 2.92. The van der Waals surface area contributed by atoms with E-state index in [0.717, 1.165) is 27.4 Å². The van der Waals surface area contributed by atoms with Crippen molar-refractivity contribution in [3.05, 3.63) is 107 Å². The Morgan fingerprint density at radius 1 is 0.902 bits per heavy atom. The van der Waals surface area contributed by atoms with E-state index in [4.69, 9.17) is 4.55 Å². The maximum Gasteiger partial charge on any atom is 0.265 e. The summed E-state index contributed by atoms with van der Waals surface area (Å²) in [5, 5.41) is 2.46. The molecule has 0 aliphatic carbocycles. The van der Waals surface area contributed by atoms with Crippen molar-refractivity contribution in [2.75, 3.05) is 23.7 Å². The van der Waals surface area contributed by atoms with E-state index in [0.29, 0.717) is 37.1 Å². The first kappa shape index (κ1) is 30.2. The van der Waals surface area contributed by atoms with Gasteiger partial charge in [0.15, 0.2) is 12.0 Å². The van der Waals surface area contributed by atoms with E-state index in [-0.39, 0.29) is 11.6 Å². The number of fused-ring (bicyclic) bond motifs is 2. The van der Waals surface area contributed by atoms with E-state index in [1.54, 1.807) is 0 Å². The first-order chi connectivity index (χ1) is 19.5. The molecule has 0 spiro atoms. The quantitative estimate of drug-likeness (QED) is 0.114. The molecule has 0 amide bonds. The molecule has 1 aromatic heterocycles. The minimum atomic E-state index is -3.99. The molecule has 1 N–H and O–H groups in total. The number of anilines is 1. The highest BCUT2D eigenvalue weighted by atomic mass is 32.2. The summed E-state index contributed by atoms with van der Waals surface area (Å²) in [5.41, 5.74) is 5.94. The third-order valence-corrected chi connectivity index (χ3v) is 7.76. The first-order valence-corrected chi connectivity index (χ1v) is 15.4. The number of pyridine rings is 1. The summed E-state index contributed by atoms with van der Waals surface area (Å²) in [6, 6.07) is 19.6. The number of hydrogen-bond acceptors (Lipinski definition) is 3. The number of aryl methyl sites for hydroxylation is 1. The molecule has 214 valence electrons. The number of allylic oxidation sites excluding steroid dienone is 2. The summed E-state index contributed by atoms with van der Waals surface area (Å²) < 4.78 is 49.0. The van der Waals surface area contributed by atoms with Crippen LogP contribution in [0.3, 0.4) is 0 Å². The van der Waals surface area contributed by atoms with Gasteiger partial charge in [0.25, 0.3) is 10.1 Å². The molecule has 0 aliphatic heterocycles. The van der Waals surface area contributed by atoms with Gasteiger partial charge in [-0.3, -0.25) is 4.55 Å². The van der Waals surface area contributed by atoms with E-state index < -0.39 is 10.1 Å². The Bertz CT molecular complexity index is 1730. The Morgan fingerprint density at radius 3 is 2.29 bits per heavy atom. The number of aromatic nitrogens is 1. The number of halogens is 1. The fraction of sp³-hybridized carbons (Fsp3) is 0.265. The minimum Gasteiger partial charge on any atom is -0.362 e. The third-order valence-electron chi connectivity index (χ3n) is 6.95. The van der Waals surface area contributed by atoms with Gasteiger partial charge in [-0.1, -0.05) is 65.8 Å². The van der Waals surface area contributed by atoms with Crippen molar-refractivity contribution in [3.63, 3.8) is 0 Å². The number of benzene rings is 3. The van der Waals surface area contributed by atoms with Gasteiger partial charge in [0.2, 0.25) is 5.52 Å². The molecule has 1 heterocycles. The lowest BCUT2D eigenvalue weighted by Gasteiger charge is -2.24. The van der Waals surface area contributed by atoms with Crippen LogP contribution in [0.1, 0.15) is 45.2 Å². The zero-order valence-corrected chi connectivity index (χ0v) is 25.0. The molecule has 0 aliphatic rings. The lowest BCUT2D eigenvalue weighted by molar-refractivity contribution is -0.671. The largest absolute Gasteiger partial charge is 0.362 e. The van der Waals surface area contributed by atoms with Crippen molar-refractivity contribution in [2.45, 2.75) is 40.7 Å². The maximum atomic E-state index is 15.8. The summed E-state index contributed by atoms with van der Waals surface area (Å²) in [6.07, 6.45) is 10.5. The summed E-state index contributed by atoms with van der Waals surface area (Å²) in [6.45, 7) is 9.96. The van der Waals surface area contributed by atoms with Crippen molar-refractivity contribution in [1.82, 2.24) is 0 Å². The van der Waals surface area contributed by atoms with E-state index in [1.165, 1.54) is 11.1 Å². The van der Waals surface area contributed by atoms with Crippen LogP contribution in [-0.4, -0.2) is 31.8 Å². The minimum absolute atomic E-state index is 0.213. The number of para-hydroxylation sites is 1. The number of hydrogen-bond donors (Lipinski definition) is 1. The molecule has 0 saturated carbocycles. The Balaban J connectivity index is 1.61. The predicted molar refractivity (Wildman–Crippen MR) is 169 cm³/mol. The van der Waals surface area contributed by atoms with Gasteiger partial charge in [0, 0.05) is 37.0 Å². The van der Waals surface area contributed by atoms with Crippen molar-refractivity contribution in [3.8, 4) is 0 Å². The van der Waals surface area contributed by atoms with Gasteiger partial charge in [-0.25, -0.2) is 4.39 Å². The van der Waals surface area contributed by atoms with E-state index in [1.807, 2.05) is 83.6 Å². The SMILES string of the molecule is CC(C)=CCN(CC=C(C)C)c1ccc2cc(/C=C/c3cc[n+](CCCS(=O)(=O)O)c4ccccc34)ccc2c1F. The van der Waals surface area contributed by atoms with Crippen LogP contribution < -0.4 is 9.47 Å². The van der Waals surface area contributed by atoms with E-state index in [2.05, 4.69) is 44.7 Å². The van der Waals surface area contributed by atoms with Crippen LogP contribution >= 0.6 is 0 Å². The average molecular weight is 574 g/mol. The Hall–Kier alpha value is -3.81. The summed E-state index contributed by atoms with van der Waals surface area (Å²) in [7, 11) is -3.99. The smallest absolute Gasteiger partial charge is 0.265 e. The second-order valence-corrected chi connectivity index (χ2v) is 12.4. The Morgan fingerprint density at radius 2 is 1.61 bits per heavy atom. The second kappa shape index (κ2) is 13.2. The van der Waals surface area contributed by atoms with Crippen molar-refractivity contribution in [2.24, 2.45) is 0 Å². The van der Waals surface area contributed by atoms with Gasteiger partial charge in [0.1, 0.15) is 6.54 Å². The van der Waals surface area contributed by atoms with Gasteiger partial charge >= 0.3 is 0 Å². The highest BCUT2D eigenvalue weighted by Gasteiger charge is 2.15. The van der Waals surface area contributed by atoms with Gasteiger partial charge in [-0.05, 0) is 62.4 Å². The van der Waals surface area contributed by atoms with Crippen molar-refractivity contribution in [1.29, 1.82) is 0 Å². The number of nitrogens with zero attached hydrogens (tertiary/aromatic N) is 2. The molecule has 4 aromatic rings. The van der Waals surface area contributed by atoms with Crippen LogP contribution in [0, 0.1) is 5.82 Å². The van der Waals surface area contributed by atoms with E-state index in [9.17, 15) is 8.42 Å². The molecule has 0 unspecified atom stereocenters. The topological polar surface area (TPSA) is 61.5 Å². The lowest BCUT2D eigenvalue weighted by Crippen LogP contribution is -2.35. The monoisotopic (exact) mass is 573 g/mol. The molecule has 0 atom stereocenters. The van der Waals surface area contributed by atoms with Gasteiger partial charge in [-0.2, -0.15) is 13.0 Å². The Labute approximate surface area is 242 Å². The second-order valence-electron chi connectivity index (χ2n) is 10.8. The molecular weight excluding hydrogens is 535 g/mol. The predicted octanol–water partition coefficient (Wildman–Crippen LogP) is 7.61. The zero-order chi connectivity index (χ0) is 29.6. The molecular formula is C34H38FN2O3S+. The van der Waals surface area contributed by atoms with Gasteiger partial charge in [0.05, 0.1) is 16.8 Å². The van der Waals surface area contributed by atoms with Gasteiger partial charge in [-0.15, -0.1) is 0 Å². The molecule has 0 saturated heterocycles. The van der Waals surface area contributed by atoms with E-state index >= 15 is 4.39 Å². The Kier molecular flexibility index (Phi) is 9.73. The standard InChI is InChI=1S/C34H37FN2O3S/c1-25(2)16-20-37(21-17-26(3)4)33-15-13-29-24-27(11-14-31(29)34(33)35)10-12-28-18-22-36(19-7-23-41(38,39)40)32-9-6-5-8-30(28)32/h5-6,8-18,22,24H,7,19-21,23H2,1-4H3/p+1. The fourth-order valence-corrected chi connectivity index (χ4v) is 5.25. The molecule has 7 heteroatoms. The fourth-order valence-electron chi connectivity index (χ4n) is 4.76. The third kappa shape index (κ3) is 8.12. The number of rotatable bonds is 11.